The maximum absolute atomic E-state index is 6.24. The first-order chi connectivity index (χ1) is 9.63. The monoisotopic (exact) mass is 275 g/mol. The minimum absolute atomic E-state index is 0.304. The van der Waals surface area contributed by atoms with Crippen LogP contribution in [0.2, 0.25) is 0 Å². The van der Waals surface area contributed by atoms with Crippen LogP contribution in [-0.4, -0.2) is 19.2 Å². The molecule has 1 aliphatic rings. The average molecular weight is 275 g/mol. The Labute approximate surface area is 123 Å². The van der Waals surface area contributed by atoms with Crippen LogP contribution in [0.15, 0.2) is 24.3 Å². The highest BCUT2D eigenvalue weighted by Crippen LogP contribution is 2.28. The summed E-state index contributed by atoms with van der Waals surface area (Å²) >= 11 is 0. The van der Waals surface area contributed by atoms with Crippen LogP contribution in [0.25, 0.3) is 0 Å². The van der Waals surface area contributed by atoms with Crippen LogP contribution in [0, 0.1) is 5.92 Å². The lowest BCUT2D eigenvalue weighted by atomic mass is 9.85. The summed E-state index contributed by atoms with van der Waals surface area (Å²) in [6, 6.07) is 9.18. The lowest BCUT2D eigenvalue weighted by molar-refractivity contribution is 0.0944. The van der Waals surface area contributed by atoms with Gasteiger partial charge in [-0.2, -0.15) is 0 Å². The van der Waals surface area contributed by atoms with E-state index in [1.165, 1.54) is 24.8 Å². The molecule has 0 aromatic heterocycles. The highest BCUT2D eigenvalue weighted by Gasteiger charge is 2.29. The first-order valence-electron chi connectivity index (χ1n) is 8.07. The molecule has 2 nitrogen and oxygen atoms in total. The number of nitrogens with one attached hydrogen (secondary N) is 1. The minimum atomic E-state index is 0.304. The summed E-state index contributed by atoms with van der Waals surface area (Å²) in [5.41, 5.74) is 1.40. The molecular formula is C18H29NO. The molecule has 1 aromatic carbocycles. The molecule has 0 amide bonds. The van der Waals surface area contributed by atoms with Crippen LogP contribution in [-0.2, 0) is 0 Å². The van der Waals surface area contributed by atoms with Crippen molar-refractivity contribution in [1.29, 1.82) is 0 Å². The first kappa shape index (κ1) is 15.4. The van der Waals surface area contributed by atoms with E-state index < -0.39 is 0 Å². The predicted octanol–water partition coefficient (Wildman–Crippen LogP) is 4.36. The molecule has 1 aromatic rings. The molecule has 1 fully saturated rings. The molecular weight excluding hydrogens is 246 g/mol. The SMILES string of the molecule is CCC(C)c1ccc(OC2CC(C)CCC2NC)cc1. The third kappa shape index (κ3) is 3.76. The van der Waals surface area contributed by atoms with Crippen LogP contribution in [0.3, 0.4) is 0 Å². The zero-order chi connectivity index (χ0) is 14.5. The van der Waals surface area contributed by atoms with Crippen LogP contribution in [0.1, 0.15) is 57.9 Å². The Morgan fingerprint density at radius 2 is 1.95 bits per heavy atom. The van der Waals surface area contributed by atoms with Gasteiger partial charge in [-0.15, -0.1) is 0 Å². The van der Waals surface area contributed by atoms with Crippen molar-refractivity contribution in [3.63, 3.8) is 0 Å². The Balaban J connectivity index is 2.01. The summed E-state index contributed by atoms with van der Waals surface area (Å²) in [6.45, 7) is 6.83. The van der Waals surface area contributed by atoms with Gasteiger partial charge in [-0.1, -0.05) is 32.9 Å². The van der Waals surface area contributed by atoms with E-state index in [2.05, 4.69) is 50.4 Å². The average Bonchev–Trinajstić information content (AvgIpc) is 2.47. The lowest BCUT2D eigenvalue weighted by Gasteiger charge is -2.34. The Kier molecular flexibility index (Phi) is 5.47. The van der Waals surface area contributed by atoms with E-state index in [4.69, 9.17) is 4.74 Å². The largest absolute Gasteiger partial charge is 0.489 e. The van der Waals surface area contributed by atoms with Crippen LogP contribution < -0.4 is 10.1 Å². The zero-order valence-corrected chi connectivity index (χ0v) is 13.4. The summed E-state index contributed by atoms with van der Waals surface area (Å²) in [4.78, 5) is 0. The van der Waals surface area contributed by atoms with E-state index >= 15 is 0 Å². The van der Waals surface area contributed by atoms with Gasteiger partial charge in [0, 0.05) is 6.04 Å². The molecule has 2 rings (SSSR count). The maximum atomic E-state index is 6.24. The number of ether oxygens (including phenoxy) is 1. The van der Waals surface area contributed by atoms with Gasteiger partial charge >= 0.3 is 0 Å². The van der Waals surface area contributed by atoms with Gasteiger partial charge < -0.3 is 10.1 Å². The third-order valence-corrected chi connectivity index (χ3v) is 4.77. The number of hydrogen-bond acceptors (Lipinski definition) is 2. The van der Waals surface area contributed by atoms with Gasteiger partial charge in [0.1, 0.15) is 11.9 Å². The Hall–Kier alpha value is -1.02. The fraction of sp³-hybridized carbons (Fsp3) is 0.667. The highest BCUT2D eigenvalue weighted by atomic mass is 16.5. The smallest absolute Gasteiger partial charge is 0.119 e. The van der Waals surface area contributed by atoms with E-state index in [0.717, 1.165) is 18.1 Å². The van der Waals surface area contributed by atoms with Gasteiger partial charge in [-0.25, -0.2) is 0 Å². The van der Waals surface area contributed by atoms with Gasteiger partial charge in [0.25, 0.3) is 0 Å². The van der Waals surface area contributed by atoms with E-state index in [0.29, 0.717) is 18.1 Å². The molecule has 1 saturated carbocycles. The highest BCUT2D eigenvalue weighted by molar-refractivity contribution is 5.29. The van der Waals surface area contributed by atoms with Crippen LogP contribution in [0.5, 0.6) is 5.75 Å². The Morgan fingerprint density at radius 3 is 2.55 bits per heavy atom. The number of hydrogen-bond donors (Lipinski definition) is 1. The number of rotatable bonds is 5. The van der Waals surface area contributed by atoms with Crippen molar-refractivity contribution in [1.82, 2.24) is 5.32 Å². The lowest BCUT2D eigenvalue weighted by Crippen LogP contribution is -2.45. The molecule has 4 atom stereocenters. The van der Waals surface area contributed by atoms with Crippen molar-refractivity contribution in [3.8, 4) is 5.75 Å². The molecule has 1 N–H and O–H groups in total. The molecule has 0 heterocycles. The Morgan fingerprint density at radius 1 is 1.25 bits per heavy atom. The summed E-state index contributed by atoms with van der Waals surface area (Å²) in [5, 5.41) is 3.41. The second-order valence-electron chi connectivity index (χ2n) is 6.35. The van der Waals surface area contributed by atoms with E-state index in [1.807, 2.05) is 7.05 Å². The molecule has 2 heteroatoms. The second-order valence-corrected chi connectivity index (χ2v) is 6.35. The molecule has 0 aliphatic heterocycles. The Bertz CT molecular complexity index is 400. The van der Waals surface area contributed by atoms with Crippen LogP contribution in [0.4, 0.5) is 0 Å². The van der Waals surface area contributed by atoms with Crippen LogP contribution >= 0.6 is 0 Å². The van der Waals surface area contributed by atoms with Crippen molar-refractivity contribution in [2.75, 3.05) is 7.05 Å². The topological polar surface area (TPSA) is 21.3 Å². The van der Waals surface area contributed by atoms with Crippen molar-refractivity contribution >= 4 is 0 Å². The van der Waals surface area contributed by atoms with Gasteiger partial charge in [-0.3, -0.25) is 0 Å². The molecule has 0 radical (unpaired) electrons. The molecule has 4 unspecified atom stereocenters. The van der Waals surface area contributed by atoms with Gasteiger partial charge in [0.2, 0.25) is 0 Å². The molecule has 0 spiro atoms. The second kappa shape index (κ2) is 7.12. The first-order valence-corrected chi connectivity index (χ1v) is 8.07. The normalized spacial score (nSPS) is 28.1. The van der Waals surface area contributed by atoms with E-state index in [9.17, 15) is 0 Å². The molecule has 112 valence electrons. The number of likely N-dealkylation sites (N-methyl/N-ethyl adjacent to an activating group) is 1. The van der Waals surface area contributed by atoms with Crippen molar-refractivity contribution in [2.45, 2.75) is 64.5 Å². The molecule has 20 heavy (non-hydrogen) atoms. The molecule has 1 aliphatic carbocycles. The van der Waals surface area contributed by atoms with Gasteiger partial charge in [0.15, 0.2) is 0 Å². The third-order valence-electron chi connectivity index (χ3n) is 4.77. The zero-order valence-electron chi connectivity index (χ0n) is 13.4. The van der Waals surface area contributed by atoms with Gasteiger partial charge in [-0.05, 0) is 62.3 Å². The minimum Gasteiger partial charge on any atom is -0.489 e. The van der Waals surface area contributed by atoms with E-state index in [-0.39, 0.29) is 0 Å². The fourth-order valence-electron chi connectivity index (χ4n) is 3.07. The maximum Gasteiger partial charge on any atom is 0.119 e. The van der Waals surface area contributed by atoms with Crippen molar-refractivity contribution < 1.29 is 4.74 Å². The van der Waals surface area contributed by atoms with E-state index in [1.54, 1.807) is 0 Å². The fourth-order valence-corrected chi connectivity index (χ4v) is 3.07. The number of benzene rings is 1. The van der Waals surface area contributed by atoms with Crippen molar-refractivity contribution in [3.05, 3.63) is 29.8 Å². The summed E-state index contributed by atoms with van der Waals surface area (Å²) in [7, 11) is 2.04. The standard InChI is InChI=1S/C18H29NO/c1-5-14(3)15-7-9-16(10-8-15)20-18-12-13(2)6-11-17(18)19-4/h7-10,13-14,17-19H,5-6,11-12H2,1-4H3. The molecule has 0 saturated heterocycles. The molecule has 0 bridgehead atoms. The van der Waals surface area contributed by atoms with Gasteiger partial charge in [0.05, 0.1) is 0 Å². The predicted molar refractivity (Wildman–Crippen MR) is 85.4 cm³/mol. The summed E-state index contributed by atoms with van der Waals surface area (Å²) < 4.78 is 6.24. The summed E-state index contributed by atoms with van der Waals surface area (Å²) in [5.74, 6) is 2.41. The van der Waals surface area contributed by atoms with Crippen molar-refractivity contribution in [2.24, 2.45) is 5.92 Å². The quantitative estimate of drug-likeness (QED) is 0.862. The summed E-state index contributed by atoms with van der Waals surface area (Å²) in [6.07, 6.45) is 5.16.